The van der Waals surface area contributed by atoms with E-state index in [4.69, 9.17) is 6.42 Å². The Morgan fingerprint density at radius 2 is 1.33 bits per heavy atom. The van der Waals surface area contributed by atoms with Crippen LogP contribution in [0.5, 0.6) is 0 Å². The highest BCUT2D eigenvalue weighted by molar-refractivity contribution is 5.50. The lowest BCUT2D eigenvalue weighted by Gasteiger charge is -2.31. The van der Waals surface area contributed by atoms with E-state index in [1.807, 2.05) is 0 Å². The SMILES string of the molecule is C#CCc1ccc(C(C)(C)C2=CCC=CC(C(C)(C)c3ccc(CC)cc3)=C2)cc1. The molecule has 0 N–H and O–H groups in total. The summed E-state index contributed by atoms with van der Waals surface area (Å²) in [6.45, 7) is 11.5. The van der Waals surface area contributed by atoms with E-state index in [9.17, 15) is 0 Å². The Morgan fingerprint density at radius 3 is 1.87 bits per heavy atom. The molecule has 154 valence electrons. The third kappa shape index (κ3) is 4.52. The third-order valence-electron chi connectivity index (χ3n) is 6.59. The number of rotatable bonds is 6. The molecule has 30 heavy (non-hydrogen) atoms. The van der Waals surface area contributed by atoms with Gasteiger partial charge in [-0.05, 0) is 46.2 Å². The highest BCUT2D eigenvalue weighted by Crippen LogP contribution is 2.39. The van der Waals surface area contributed by atoms with Crippen LogP contribution in [0.1, 0.15) is 63.3 Å². The molecule has 0 heterocycles. The second-order valence-corrected chi connectivity index (χ2v) is 9.28. The van der Waals surface area contributed by atoms with Gasteiger partial charge in [-0.2, -0.15) is 0 Å². The van der Waals surface area contributed by atoms with Crippen LogP contribution in [0.3, 0.4) is 0 Å². The largest absolute Gasteiger partial charge is 0.120 e. The van der Waals surface area contributed by atoms with Crippen molar-refractivity contribution >= 4 is 0 Å². The van der Waals surface area contributed by atoms with Gasteiger partial charge in [0.1, 0.15) is 0 Å². The van der Waals surface area contributed by atoms with Gasteiger partial charge in [0.25, 0.3) is 0 Å². The highest BCUT2D eigenvalue weighted by atomic mass is 14.3. The molecule has 0 spiro atoms. The smallest absolute Gasteiger partial charge is 0.0337 e. The molecule has 0 saturated carbocycles. The quantitative estimate of drug-likeness (QED) is 0.445. The van der Waals surface area contributed by atoms with Gasteiger partial charge < -0.3 is 0 Å². The fourth-order valence-corrected chi connectivity index (χ4v) is 4.14. The minimum Gasteiger partial charge on any atom is -0.120 e. The van der Waals surface area contributed by atoms with Gasteiger partial charge in [-0.15, -0.1) is 12.3 Å². The maximum atomic E-state index is 5.46. The molecule has 0 amide bonds. The molecule has 0 unspecified atom stereocenters. The van der Waals surface area contributed by atoms with E-state index in [0.29, 0.717) is 6.42 Å². The molecule has 2 aromatic carbocycles. The molecule has 3 rings (SSSR count). The zero-order chi connectivity index (χ0) is 21.8. The number of aryl methyl sites for hydroxylation is 1. The minimum atomic E-state index is -0.0753. The van der Waals surface area contributed by atoms with Gasteiger partial charge in [0.05, 0.1) is 0 Å². The van der Waals surface area contributed by atoms with Crippen molar-refractivity contribution in [2.75, 3.05) is 0 Å². The maximum Gasteiger partial charge on any atom is 0.0337 e. The normalized spacial score (nSPS) is 14.5. The molecular weight excluding hydrogens is 360 g/mol. The molecule has 0 fully saturated rings. The first-order chi connectivity index (χ1) is 14.3. The Morgan fingerprint density at radius 1 is 0.800 bits per heavy atom. The van der Waals surface area contributed by atoms with Crippen LogP contribution in [0.15, 0.2) is 84.0 Å². The molecule has 0 aromatic heterocycles. The summed E-state index contributed by atoms with van der Waals surface area (Å²) in [5.74, 6) is 2.73. The van der Waals surface area contributed by atoms with Crippen LogP contribution in [-0.4, -0.2) is 0 Å². The van der Waals surface area contributed by atoms with Crippen LogP contribution in [0.2, 0.25) is 0 Å². The van der Waals surface area contributed by atoms with Crippen molar-refractivity contribution in [3.63, 3.8) is 0 Å². The van der Waals surface area contributed by atoms with Crippen molar-refractivity contribution < 1.29 is 0 Å². The van der Waals surface area contributed by atoms with Gasteiger partial charge in [-0.3, -0.25) is 0 Å². The van der Waals surface area contributed by atoms with Gasteiger partial charge >= 0.3 is 0 Å². The highest BCUT2D eigenvalue weighted by Gasteiger charge is 2.29. The summed E-state index contributed by atoms with van der Waals surface area (Å²) >= 11 is 0. The molecule has 0 saturated heterocycles. The fourth-order valence-electron chi connectivity index (χ4n) is 4.14. The zero-order valence-corrected chi connectivity index (χ0v) is 19.1. The van der Waals surface area contributed by atoms with Gasteiger partial charge in [0, 0.05) is 17.3 Å². The summed E-state index contributed by atoms with van der Waals surface area (Å²) in [6.07, 6.45) is 17.6. The zero-order valence-electron chi connectivity index (χ0n) is 19.1. The Bertz CT molecular complexity index is 997. The van der Waals surface area contributed by atoms with Crippen molar-refractivity contribution in [3.05, 3.63) is 106 Å². The Balaban J connectivity index is 1.96. The van der Waals surface area contributed by atoms with Gasteiger partial charge in [0.15, 0.2) is 0 Å². The van der Waals surface area contributed by atoms with Crippen molar-refractivity contribution in [2.24, 2.45) is 0 Å². The molecule has 2 aromatic rings. The van der Waals surface area contributed by atoms with E-state index in [1.54, 1.807) is 0 Å². The topological polar surface area (TPSA) is 0 Å². The second-order valence-electron chi connectivity index (χ2n) is 9.28. The number of terminal acetylenes is 1. The first kappa shape index (κ1) is 21.9. The fraction of sp³-hybridized carbons (Fsp3) is 0.333. The van der Waals surface area contributed by atoms with Gasteiger partial charge in [-0.25, -0.2) is 0 Å². The first-order valence-electron chi connectivity index (χ1n) is 11.0. The van der Waals surface area contributed by atoms with Crippen LogP contribution in [-0.2, 0) is 23.7 Å². The number of allylic oxidation sites excluding steroid dienone is 6. The first-order valence-corrected chi connectivity index (χ1v) is 11.0. The summed E-state index contributed by atoms with van der Waals surface area (Å²) in [5.41, 5.74) is 7.84. The minimum absolute atomic E-state index is 0.0566. The molecule has 0 radical (unpaired) electrons. The van der Waals surface area contributed by atoms with Crippen molar-refractivity contribution in [2.45, 2.75) is 64.7 Å². The number of hydrogen-bond donors (Lipinski definition) is 0. The standard InChI is InChI=1S/C30H34/c1-7-11-24-16-20-26(21-17-24)30(5,6)28-13-10-9-12-27(22-28)29(3,4)25-18-14-23(8-2)15-19-25/h1,9,12-22H,8,10-11H2,2-6H3. The van der Waals surface area contributed by atoms with Gasteiger partial charge in [-0.1, -0.05) is 107 Å². The van der Waals surface area contributed by atoms with E-state index >= 15 is 0 Å². The number of hydrogen-bond acceptors (Lipinski definition) is 0. The van der Waals surface area contributed by atoms with Crippen LogP contribution in [0.4, 0.5) is 0 Å². The molecule has 1 aliphatic rings. The number of benzene rings is 2. The van der Waals surface area contributed by atoms with E-state index in [2.05, 4.69) is 113 Å². The van der Waals surface area contributed by atoms with Crippen molar-refractivity contribution in [3.8, 4) is 12.3 Å². The predicted octanol–water partition coefficient (Wildman–Crippen LogP) is 7.49. The van der Waals surface area contributed by atoms with Crippen LogP contribution < -0.4 is 0 Å². The molecule has 0 nitrogen and oxygen atoms in total. The van der Waals surface area contributed by atoms with Crippen molar-refractivity contribution in [1.29, 1.82) is 0 Å². The summed E-state index contributed by atoms with van der Waals surface area (Å²) in [7, 11) is 0. The van der Waals surface area contributed by atoms with E-state index < -0.39 is 0 Å². The Labute approximate surface area is 183 Å². The second kappa shape index (κ2) is 8.93. The molecule has 0 atom stereocenters. The summed E-state index contributed by atoms with van der Waals surface area (Å²) in [4.78, 5) is 0. The van der Waals surface area contributed by atoms with Crippen LogP contribution in [0.25, 0.3) is 0 Å². The predicted molar refractivity (Wildman–Crippen MR) is 131 cm³/mol. The summed E-state index contributed by atoms with van der Waals surface area (Å²) < 4.78 is 0. The monoisotopic (exact) mass is 394 g/mol. The van der Waals surface area contributed by atoms with Crippen molar-refractivity contribution in [1.82, 2.24) is 0 Å². The molecule has 1 aliphatic carbocycles. The average molecular weight is 395 g/mol. The third-order valence-corrected chi connectivity index (χ3v) is 6.59. The molecule has 0 bridgehead atoms. The summed E-state index contributed by atoms with van der Waals surface area (Å²) in [5, 5.41) is 0. The van der Waals surface area contributed by atoms with E-state index in [1.165, 1.54) is 33.4 Å². The summed E-state index contributed by atoms with van der Waals surface area (Å²) in [6, 6.07) is 17.9. The molecule has 0 aliphatic heterocycles. The molecule has 0 heteroatoms. The Hall–Kier alpha value is -2.78. The average Bonchev–Trinajstić information content (AvgIpc) is 3.02. The Kier molecular flexibility index (Phi) is 6.52. The van der Waals surface area contributed by atoms with E-state index in [-0.39, 0.29) is 10.8 Å². The lowest BCUT2D eigenvalue weighted by atomic mass is 9.72. The van der Waals surface area contributed by atoms with E-state index in [0.717, 1.165) is 12.8 Å². The lowest BCUT2D eigenvalue weighted by molar-refractivity contribution is 0.618. The van der Waals surface area contributed by atoms with Crippen LogP contribution >= 0.6 is 0 Å². The maximum absolute atomic E-state index is 5.46. The van der Waals surface area contributed by atoms with Gasteiger partial charge in [0.2, 0.25) is 0 Å². The van der Waals surface area contributed by atoms with Crippen LogP contribution in [0, 0.1) is 12.3 Å². The lowest BCUT2D eigenvalue weighted by Crippen LogP contribution is -2.23. The molecular formula is C30H34.